The minimum atomic E-state index is -2.71. The molecule has 168 valence electrons. The Balaban J connectivity index is 1.80. The zero-order valence-corrected chi connectivity index (χ0v) is 20.5. The van der Waals surface area contributed by atoms with Crippen LogP contribution in [-0.2, 0) is 0 Å². The number of fused-ring (bicyclic) bond motifs is 2. The van der Waals surface area contributed by atoms with Gasteiger partial charge in [0.15, 0.2) is 8.07 Å². The Kier molecular flexibility index (Phi) is 5.23. The number of hydrogen-bond donors (Lipinski definition) is 0. The Morgan fingerprint density at radius 1 is 0.611 bits per heavy atom. The first-order chi connectivity index (χ1) is 17.8. The molecule has 0 aliphatic carbocycles. The van der Waals surface area contributed by atoms with E-state index in [0.29, 0.717) is 16.9 Å². The Labute approximate surface area is 212 Å². The van der Waals surface area contributed by atoms with Crippen molar-refractivity contribution in [3.05, 3.63) is 144 Å². The van der Waals surface area contributed by atoms with E-state index in [1.54, 1.807) is 18.2 Å². The first-order valence-corrected chi connectivity index (χ1v) is 13.8. The van der Waals surface area contributed by atoms with Gasteiger partial charge in [-0.15, -0.1) is 0 Å². The van der Waals surface area contributed by atoms with Crippen molar-refractivity contribution >= 4 is 51.6 Å². The summed E-state index contributed by atoms with van der Waals surface area (Å²) in [5.74, 6) is 0. The van der Waals surface area contributed by atoms with E-state index in [1.807, 2.05) is 12.1 Å². The van der Waals surface area contributed by atoms with Crippen molar-refractivity contribution in [2.75, 3.05) is 4.90 Å². The molecule has 3 nitrogen and oxygen atoms in total. The molecule has 36 heavy (non-hydrogen) atoms. The number of para-hydroxylation sites is 3. The molecule has 0 spiro atoms. The maximum Gasteiger partial charge on any atom is 0.211 e. The number of benzene rings is 5. The van der Waals surface area contributed by atoms with Crippen molar-refractivity contribution in [3.8, 4) is 6.07 Å². The van der Waals surface area contributed by atoms with Crippen LogP contribution in [0.2, 0.25) is 0 Å². The van der Waals surface area contributed by atoms with Crippen molar-refractivity contribution < 1.29 is 0 Å². The van der Waals surface area contributed by atoms with Gasteiger partial charge in [0.1, 0.15) is 0 Å². The molecule has 5 aromatic rings. The van der Waals surface area contributed by atoms with E-state index in [4.69, 9.17) is 6.57 Å². The van der Waals surface area contributed by atoms with Gasteiger partial charge in [0.05, 0.1) is 23.9 Å². The standard InChI is InChI=1S/C32H21N3Si/c1-34-27-18-12-13-24(23-33)32(27)35-28-19-8-10-21-30(28)36(25-14-4-2-5-15-25,26-16-6-3-7-17-26)31-22-11-9-20-29(31)35/h2-22H. The summed E-state index contributed by atoms with van der Waals surface area (Å²) in [6.45, 7) is 7.89. The van der Waals surface area contributed by atoms with Gasteiger partial charge in [0.25, 0.3) is 0 Å². The molecule has 0 fully saturated rings. The maximum absolute atomic E-state index is 10.1. The second kappa shape index (κ2) is 8.71. The molecular weight excluding hydrogens is 454 g/mol. The molecular formula is C32H21N3Si. The largest absolute Gasteiger partial charge is 0.319 e. The predicted molar refractivity (Wildman–Crippen MR) is 149 cm³/mol. The maximum atomic E-state index is 10.1. The van der Waals surface area contributed by atoms with Gasteiger partial charge < -0.3 is 4.90 Å². The van der Waals surface area contributed by atoms with Crippen LogP contribution < -0.4 is 25.6 Å². The first-order valence-electron chi connectivity index (χ1n) is 11.8. The molecule has 0 N–H and O–H groups in total. The van der Waals surface area contributed by atoms with Crippen LogP contribution in [0, 0.1) is 17.9 Å². The summed E-state index contributed by atoms with van der Waals surface area (Å²) >= 11 is 0. The lowest BCUT2D eigenvalue weighted by Crippen LogP contribution is -2.77. The molecule has 1 aliphatic heterocycles. The van der Waals surface area contributed by atoms with E-state index in [1.165, 1.54) is 20.7 Å². The smallest absolute Gasteiger partial charge is 0.211 e. The van der Waals surface area contributed by atoms with E-state index in [-0.39, 0.29) is 0 Å². The van der Waals surface area contributed by atoms with Crippen LogP contribution in [0.5, 0.6) is 0 Å². The summed E-state index contributed by atoms with van der Waals surface area (Å²) in [5, 5.41) is 15.1. The quantitative estimate of drug-likeness (QED) is 0.258. The van der Waals surface area contributed by atoms with Crippen LogP contribution in [0.15, 0.2) is 127 Å². The summed E-state index contributed by atoms with van der Waals surface area (Å²) in [7, 11) is -2.71. The zero-order chi connectivity index (χ0) is 24.5. The highest BCUT2D eigenvalue weighted by atomic mass is 28.3. The minimum absolute atomic E-state index is 0.465. The van der Waals surface area contributed by atoms with Crippen molar-refractivity contribution in [1.29, 1.82) is 5.26 Å². The van der Waals surface area contributed by atoms with Gasteiger partial charge >= 0.3 is 0 Å². The summed E-state index contributed by atoms with van der Waals surface area (Å²) in [6, 6.07) is 46.3. The van der Waals surface area contributed by atoms with Crippen LogP contribution in [0.25, 0.3) is 4.85 Å². The number of anilines is 3. The van der Waals surface area contributed by atoms with Gasteiger partial charge in [0, 0.05) is 11.4 Å². The number of nitriles is 1. The van der Waals surface area contributed by atoms with Gasteiger partial charge in [-0.3, -0.25) is 0 Å². The minimum Gasteiger partial charge on any atom is -0.319 e. The van der Waals surface area contributed by atoms with E-state index in [2.05, 4.69) is 113 Å². The van der Waals surface area contributed by atoms with Crippen LogP contribution >= 0.6 is 0 Å². The van der Waals surface area contributed by atoms with E-state index in [9.17, 15) is 5.26 Å². The molecule has 0 saturated carbocycles. The van der Waals surface area contributed by atoms with E-state index >= 15 is 0 Å². The van der Waals surface area contributed by atoms with Crippen LogP contribution in [0.1, 0.15) is 5.56 Å². The Hall–Kier alpha value is -4.90. The van der Waals surface area contributed by atoms with Crippen molar-refractivity contribution in [3.63, 3.8) is 0 Å². The lowest BCUT2D eigenvalue weighted by Gasteiger charge is -2.45. The molecule has 5 aromatic carbocycles. The summed E-state index contributed by atoms with van der Waals surface area (Å²) in [4.78, 5) is 5.95. The molecule has 0 amide bonds. The van der Waals surface area contributed by atoms with Crippen molar-refractivity contribution in [2.45, 2.75) is 0 Å². The Bertz CT molecular complexity index is 1540. The molecule has 0 bridgehead atoms. The van der Waals surface area contributed by atoms with Crippen molar-refractivity contribution in [2.24, 2.45) is 0 Å². The molecule has 0 saturated heterocycles. The van der Waals surface area contributed by atoms with E-state index in [0.717, 1.165) is 11.4 Å². The molecule has 4 heteroatoms. The van der Waals surface area contributed by atoms with Gasteiger partial charge in [-0.05, 0) is 38.9 Å². The SMILES string of the molecule is [C-]#[N+]c1cccc(C#N)c1N1c2ccccc2[Si](c2ccccc2)(c2ccccc2)c2ccccc21. The third kappa shape index (κ3) is 3.03. The highest BCUT2D eigenvalue weighted by Crippen LogP contribution is 2.44. The second-order valence-electron chi connectivity index (χ2n) is 8.75. The van der Waals surface area contributed by atoms with Crippen LogP contribution in [-0.4, -0.2) is 8.07 Å². The lowest BCUT2D eigenvalue weighted by molar-refractivity contribution is 1.28. The van der Waals surface area contributed by atoms with Crippen molar-refractivity contribution in [1.82, 2.24) is 0 Å². The highest BCUT2D eigenvalue weighted by Gasteiger charge is 2.48. The zero-order valence-electron chi connectivity index (χ0n) is 19.5. The lowest BCUT2D eigenvalue weighted by atomic mass is 10.1. The summed E-state index contributed by atoms with van der Waals surface area (Å²) < 4.78 is 0. The Morgan fingerprint density at radius 3 is 1.61 bits per heavy atom. The molecule has 1 heterocycles. The first kappa shape index (κ1) is 21.6. The monoisotopic (exact) mass is 475 g/mol. The fourth-order valence-electron chi connectivity index (χ4n) is 5.60. The van der Waals surface area contributed by atoms with Gasteiger partial charge in [0.2, 0.25) is 5.69 Å². The van der Waals surface area contributed by atoms with Crippen LogP contribution in [0.4, 0.5) is 22.7 Å². The molecule has 0 atom stereocenters. The average Bonchev–Trinajstić information content (AvgIpc) is 2.96. The topological polar surface area (TPSA) is 31.4 Å². The number of rotatable bonds is 3. The normalized spacial score (nSPS) is 13.1. The fourth-order valence-corrected chi connectivity index (χ4v) is 10.7. The number of hydrogen-bond acceptors (Lipinski definition) is 2. The summed E-state index contributed by atoms with van der Waals surface area (Å²) in [5.41, 5.74) is 3.62. The average molecular weight is 476 g/mol. The molecule has 0 unspecified atom stereocenters. The van der Waals surface area contributed by atoms with Gasteiger partial charge in [-0.25, -0.2) is 4.85 Å². The molecule has 0 radical (unpaired) electrons. The third-order valence-corrected chi connectivity index (χ3v) is 11.9. The molecule has 1 aliphatic rings. The second-order valence-corrected chi connectivity index (χ2v) is 12.5. The highest BCUT2D eigenvalue weighted by molar-refractivity contribution is 7.21. The number of nitrogens with zero attached hydrogens (tertiary/aromatic N) is 3. The Morgan fingerprint density at radius 2 is 1.11 bits per heavy atom. The van der Waals surface area contributed by atoms with E-state index < -0.39 is 8.07 Å². The van der Waals surface area contributed by atoms with Gasteiger partial charge in [-0.2, -0.15) is 5.26 Å². The fraction of sp³-hybridized carbons (Fsp3) is 0. The molecule has 6 rings (SSSR count). The summed E-state index contributed by atoms with van der Waals surface area (Å²) in [6.07, 6.45) is 0. The van der Waals surface area contributed by atoms with Crippen LogP contribution in [0.3, 0.4) is 0 Å². The molecule has 0 aromatic heterocycles. The predicted octanol–water partition coefficient (Wildman–Crippen LogP) is 5.27. The van der Waals surface area contributed by atoms with Gasteiger partial charge in [-0.1, -0.05) is 109 Å². The third-order valence-electron chi connectivity index (χ3n) is 6.99.